The zero-order chi connectivity index (χ0) is 28.1. The van der Waals surface area contributed by atoms with E-state index in [0.29, 0.717) is 25.2 Å². The summed E-state index contributed by atoms with van der Waals surface area (Å²) in [6.45, 7) is 7.55. The van der Waals surface area contributed by atoms with E-state index in [1.807, 2.05) is 13.1 Å². The Balaban J connectivity index is 1.34. The summed E-state index contributed by atoms with van der Waals surface area (Å²) in [6, 6.07) is 5.61. The fraction of sp³-hybridized carbons (Fsp3) is 0.400. The molecule has 2 aliphatic rings. The zero-order valence-electron chi connectivity index (χ0n) is 22.8. The molecule has 0 saturated heterocycles. The van der Waals surface area contributed by atoms with Crippen LogP contribution >= 0.6 is 0 Å². The van der Waals surface area contributed by atoms with Gasteiger partial charge >= 0.3 is 0 Å². The van der Waals surface area contributed by atoms with Crippen molar-refractivity contribution in [1.82, 2.24) is 35.3 Å². The molecule has 2 atom stereocenters. The number of carbonyl (C=O) groups excluding carboxylic acids is 1. The van der Waals surface area contributed by atoms with Crippen LogP contribution in [0.2, 0.25) is 0 Å². The summed E-state index contributed by atoms with van der Waals surface area (Å²) in [6.07, 6.45) is 10.1. The molecule has 10 heteroatoms. The average molecular weight is 544 g/mol. The van der Waals surface area contributed by atoms with Gasteiger partial charge in [0.25, 0.3) is 0 Å². The van der Waals surface area contributed by atoms with Gasteiger partial charge in [-0.1, -0.05) is 26.8 Å². The molecular formula is C30H31F2N7O. The Kier molecular flexibility index (Phi) is 6.43. The van der Waals surface area contributed by atoms with E-state index in [4.69, 9.17) is 4.98 Å². The normalized spacial score (nSPS) is 20.5. The van der Waals surface area contributed by atoms with Crippen molar-refractivity contribution >= 4 is 5.91 Å². The Labute approximate surface area is 231 Å². The van der Waals surface area contributed by atoms with Crippen LogP contribution in [-0.4, -0.2) is 42.4 Å². The third-order valence-electron chi connectivity index (χ3n) is 8.74. The standard InChI is InChI=1S/C30H31F2N7O/c1-4-11-34-26(40)9-12-39-17-18(14-35-39)24-15-33-16-25(36-24)30-10-8-20(29(30,2)3)19-13-23(37-38-28(19)30)27-21(31)6-5-7-22(27)32/h5-7,13-17,20H,4,8-12H2,1-3H3,(H,34,40)/t20-,30-/m0/s1. The first kappa shape index (κ1) is 26.2. The van der Waals surface area contributed by atoms with Crippen LogP contribution in [0.1, 0.15) is 69.3 Å². The lowest BCUT2D eigenvalue weighted by atomic mass is 9.66. The lowest BCUT2D eigenvalue weighted by Gasteiger charge is -2.37. The van der Waals surface area contributed by atoms with Crippen LogP contribution in [0.25, 0.3) is 22.5 Å². The van der Waals surface area contributed by atoms with E-state index >= 15 is 0 Å². The number of halogens is 2. The van der Waals surface area contributed by atoms with E-state index in [1.54, 1.807) is 29.3 Å². The number of aryl methyl sites for hydroxylation is 1. The molecule has 1 fully saturated rings. The average Bonchev–Trinajstić information content (AvgIpc) is 3.58. The van der Waals surface area contributed by atoms with E-state index in [2.05, 4.69) is 39.4 Å². The fourth-order valence-electron chi connectivity index (χ4n) is 6.65. The van der Waals surface area contributed by atoms with Crippen molar-refractivity contribution < 1.29 is 13.6 Å². The monoisotopic (exact) mass is 543 g/mol. The molecular weight excluding hydrogens is 512 g/mol. The highest BCUT2D eigenvalue weighted by Crippen LogP contribution is 2.69. The second kappa shape index (κ2) is 9.83. The maximum atomic E-state index is 14.6. The minimum absolute atomic E-state index is 0.000264. The molecule has 2 bridgehead atoms. The molecule has 2 aliphatic carbocycles. The second-order valence-electron chi connectivity index (χ2n) is 11.2. The molecule has 0 radical (unpaired) electrons. The summed E-state index contributed by atoms with van der Waals surface area (Å²) in [5, 5.41) is 16.2. The summed E-state index contributed by atoms with van der Waals surface area (Å²) < 4.78 is 30.9. The third-order valence-corrected chi connectivity index (χ3v) is 8.74. The number of hydrogen-bond donors (Lipinski definition) is 1. The van der Waals surface area contributed by atoms with E-state index in [9.17, 15) is 13.6 Å². The maximum Gasteiger partial charge on any atom is 0.221 e. The Morgan fingerprint density at radius 3 is 2.70 bits per heavy atom. The van der Waals surface area contributed by atoms with Gasteiger partial charge in [-0.3, -0.25) is 14.5 Å². The predicted molar refractivity (Wildman–Crippen MR) is 145 cm³/mol. The molecule has 1 saturated carbocycles. The van der Waals surface area contributed by atoms with Gasteiger partial charge in [-0.15, -0.1) is 5.10 Å². The SMILES string of the molecule is CCCNC(=O)CCn1cc(-c2cncc([C@@]34CC[C@@H](c5cc(-c6c(F)cccc6F)nnc53)C4(C)C)n2)cn1. The fourth-order valence-corrected chi connectivity index (χ4v) is 6.65. The molecule has 3 heterocycles. The third kappa shape index (κ3) is 4.00. The van der Waals surface area contributed by atoms with Crippen molar-refractivity contribution in [1.29, 1.82) is 0 Å². The number of rotatable bonds is 8. The van der Waals surface area contributed by atoms with Gasteiger partial charge in [-0.05, 0) is 54.4 Å². The molecule has 1 aromatic carbocycles. The van der Waals surface area contributed by atoms with E-state index in [1.165, 1.54) is 18.2 Å². The molecule has 6 rings (SSSR count). The van der Waals surface area contributed by atoms with E-state index in [-0.39, 0.29) is 28.5 Å². The van der Waals surface area contributed by atoms with Crippen LogP contribution in [0.15, 0.2) is 49.1 Å². The minimum Gasteiger partial charge on any atom is -0.356 e. The zero-order valence-corrected chi connectivity index (χ0v) is 22.8. The van der Waals surface area contributed by atoms with E-state index < -0.39 is 17.0 Å². The first-order chi connectivity index (χ1) is 19.3. The van der Waals surface area contributed by atoms with Crippen molar-refractivity contribution in [2.24, 2.45) is 5.41 Å². The number of amides is 1. The summed E-state index contributed by atoms with van der Waals surface area (Å²) in [5.74, 6) is -1.18. The van der Waals surface area contributed by atoms with E-state index in [0.717, 1.165) is 41.8 Å². The Bertz CT molecular complexity index is 1580. The summed E-state index contributed by atoms with van der Waals surface area (Å²) in [4.78, 5) is 21.6. The van der Waals surface area contributed by atoms with Gasteiger partial charge in [0.2, 0.25) is 5.91 Å². The number of benzene rings is 1. The Morgan fingerprint density at radius 2 is 1.93 bits per heavy atom. The van der Waals surface area contributed by atoms with Crippen molar-refractivity contribution in [3.8, 4) is 22.5 Å². The molecule has 0 aliphatic heterocycles. The van der Waals surface area contributed by atoms with Gasteiger partial charge in [-0.25, -0.2) is 13.8 Å². The molecule has 1 amide bonds. The maximum absolute atomic E-state index is 14.6. The molecule has 0 spiro atoms. The predicted octanol–water partition coefficient (Wildman–Crippen LogP) is 5.19. The van der Waals surface area contributed by atoms with Crippen molar-refractivity contribution in [2.75, 3.05) is 6.54 Å². The number of nitrogens with zero attached hydrogens (tertiary/aromatic N) is 6. The Morgan fingerprint density at radius 1 is 1.12 bits per heavy atom. The lowest BCUT2D eigenvalue weighted by molar-refractivity contribution is -0.121. The molecule has 40 heavy (non-hydrogen) atoms. The van der Waals surface area contributed by atoms with Gasteiger partial charge < -0.3 is 5.32 Å². The molecule has 206 valence electrons. The first-order valence-electron chi connectivity index (χ1n) is 13.7. The van der Waals surface area contributed by atoms with Gasteiger partial charge in [0.05, 0.1) is 46.1 Å². The van der Waals surface area contributed by atoms with Crippen LogP contribution in [0.3, 0.4) is 0 Å². The quantitative estimate of drug-likeness (QED) is 0.328. The Hall–Kier alpha value is -4.08. The molecule has 0 unspecified atom stereocenters. The highest BCUT2D eigenvalue weighted by molar-refractivity contribution is 5.75. The smallest absolute Gasteiger partial charge is 0.221 e. The highest BCUT2D eigenvalue weighted by atomic mass is 19.1. The second-order valence-corrected chi connectivity index (χ2v) is 11.2. The lowest BCUT2D eigenvalue weighted by Crippen LogP contribution is -2.38. The number of fused-ring (bicyclic) bond motifs is 5. The van der Waals surface area contributed by atoms with Gasteiger partial charge in [0, 0.05) is 37.5 Å². The van der Waals surface area contributed by atoms with Crippen molar-refractivity contribution in [2.45, 2.75) is 64.3 Å². The largest absolute Gasteiger partial charge is 0.356 e. The number of nitrogens with one attached hydrogen (secondary N) is 1. The van der Waals surface area contributed by atoms with Crippen LogP contribution in [0, 0.1) is 17.0 Å². The van der Waals surface area contributed by atoms with Gasteiger partial charge in [0.15, 0.2) is 0 Å². The summed E-state index contributed by atoms with van der Waals surface area (Å²) in [7, 11) is 0. The molecule has 3 aromatic heterocycles. The molecule has 4 aromatic rings. The van der Waals surface area contributed by atoms with Crippen LogP contribution in [-0.2, 0) is 16.8 Å². The topological polar surface area (TPSA) is 98.5 Å². The summed E-state index contributed by atoms with van der Waals surface area (Å²) >= 11 is 0. The van der Waals surface area contributed by atoms with Crippen LogP contribution < -0.4 is 5.32 Å². The van der Waals surface area contributed by atoms with Crippen molar-refractivity contribution in [3.63, 3.8) is 0 Å². The summed E-state index contributed by atoms with van der Waals surface area (Å²) in [5.41, 5.74) is 3.28. The first-order valence-corrected chi connectivity index (χ1v) is 13.7. The molecule has 8 nitrogen and oxygen atoms in total. The van der Waals surface area contributed by atoms with Crippen LogP contribution in [0.5, 0.6) is 0 Å². The van der Waals surface area contributed by atoms with Crippen LogP contribution in [0.4, 0.5) is 8.78 Å². The highest BCUT2D eigenvalue weighted by Gasteiger charge is 2.65. The molecule has 1 N–H and O–H groups in total. The number of hydrogen-bond acceptors (Lipinski definition) is 6. The number of carbonyl (C=O) groups is 1. The number of aromatic nitrogens is 6. The van der Waals surface area contributed by atoms with Crippen molar-refractivity contribution in [3.05, 3.63) is 77.6 Å². The minimum atomic E-state index is -0.660. The van der Waals surface area contributed by atoms with Gasteiger partial charge in [-0.2, -0.15) is 10.2 Å². The van der Waals surface area contributed by atoms with Gasteiger partial charge in [0.1, 0.15) is 11.6 Å².